The van der Waals surface area contributed by atoms with Crippen LogP contribution in [0.5, 0.6) is 5.75 Å². The lowest BCUT2D eigenvalue weighted by Crippen LogP contribution is -2.34. The summed E-state index contributed by atoms with van der Waals surface area (Å²) in [6, 6.07) is 18.0. The smallest absolute Gasteiger partial charge is 0.410 e. The molecule has 0 N–H and O–H groups in total. The van der Waals surface area contributed by atoms with Gasteiger partial charge in [0.2, 0.25) is 0 Å². The third-order valence-electron chi connectivity index (χ3n) is 4.72. The highest BCUT2D eigenvalue weighted by atomic mass is 16.6. The van der Waals surface area contributed by atoms with Crippen molar-refractivity contribution in [3.63, 3.8) is 0 Å². The van der Waals surface area contributed by atoms with Gasteiger partial charge in [-0.15, -0.1) is 0 Å². The van der Waals surface area contributed by atoms with E-state index in [0.717, 1.165) is 37.1 Å². The van der Waals surface area contributed by atoms with Gasteiger partial charge < -0.3 is 14.4 Å². The minimum atomic E-state index is -0.218. The van der Waals surface area contributed by atoms with Gasteiger partial charge in [-0.3, -0.25) is 0 Å². The molecule has 132 valence electrons. The van der Waals surface area contributed by atoms with Gasteiger partial charge in [0, 0.05) is 19.0 Å². The quantitative estimate of drug-likeness (QED) is 0.817. The Morgan fingerprint density at radius 1 is 1.08 bits per heavy atom. The summed E-state index contributed by atoms with van der Waals surface area (Å²) in [7, 11) is 1.67. The minimum absolute atomic E-state index is 0.218. The van der Waals surface area contributed by atoms with Crippen molar-refractivity contribution in [1.82, 2.24) is 4.90 Å². The molecule has 0 aliphatic carbocycles. The lowest BCUT2D eigenvalue weighted by atomic mass is 9.94. The van der Waals surface area contributed by atoms with Crippen molar-refractivity contribution in [2.75, 3.05) is 20.2 Å². The minimum Gasteiger partial charge on any atom is -0.497 e. The molecular weight excluding hydrogens is 314 g/mol. The molecular formula is C21H25NO3. The standard InChI is InChI=1S/C21H25NO3/c1-24-20-12-10-18(11-13-20)19-9-5-6-14-22(15-19)21(23)25-16-17-7-3-2-4-8-17/h2-4,7-8,10-13,19H,5-6,9,14-16H2,1H3. The number of nitrogens with zero attached hydrogens (tertiary/aromatic N) is 1. The Kier molecular flexibility index (Phi) is 5.94. The van der Waals surface area contributed by atoms with Crippen LogP contribution in [-0.2, 0) is 11.3 Å². The molecule has 2 aromatic rings. The first kappa shape index (κ1) is 17.3. The van der Waals surface area contributed by atoms with E-state index in [0.29, 0.717) is 19.1 Å². The highest BCUT2D eigenvalue weighted by Crippen LogP contribution is 2.28. The molecule has 0 radical (unpaired) electrons. The molecule has 4 nitrogen and oxygen atoms in total. The van der Waals surface area contributed by atoms with E-state index in [4.69, 9.17) is 9.47 Å². The molecule has 1 amide bonds. The van der Waals surface area contributed by atoms with Crippen molar-refractivity contribution < 1.29 is 14.3 Å². The van der Waals surface area contributed by atoms with Crippen LogP contribution in [0.3, 0.4) is 0 Å². The highest BCUT2D eigenvalue weighted by molar-refractivity contribution is 5.67. The molecule has 1 aliphatic heterocycles. The van der Waals surface area contributed by atoms with Crippen LogP contribution in [0.2, 0.25) is 0 Å². The zero-order chi connectivity index (χ0) is 17.5. The molecule has 3 rings (SSSR count). The van der Waals surface area contributed by atoms with Crippen LogP contribution in [0, 0.1) is 0 Å². The number of amides is 1. The van der Waals surface area contributed by atoms with Gasteiger partial charge in [-0.05, 0) is 36.1 Å². The van der Waals surface area contributed by atoms with Gasteiger partial charge in [-0.25, -0.2) is 4.79 Å². The number of rotatable bonds is 4. The molecule has 0 spiro atoms. The van der Waals surface area contributed by atoms with E-state index in [9.17, 15) is 4.79 Å². The van der Waals surface area contributed by atoms with Crippen LogP contribution in [0.15, 0.2) is 54.6 Å². The van der Waals surface area contributed by atoms with Gasteiger partial charge in [0.25, 0.3) is 0 Å². The lowest BCUT2D eigenvalue weighted by molar-refractivity contribution is 0.0959. The van der Waals surface area contributed by atoms with Crippen molar-refractivity contribution >= 4 is 6.09 Å². The van der Waals surface area contributed by atoms with E-state index < -0.39 is 0 Å². The molecule has 1 fully saturated rings. The Morgan fingerprint density at radius 3 is 2.56 bits per heavy atom. The van der Waals surface area contributed by atoms with Crippen LogP contribution < -0.4 is 4.74 Å². The number of methoxy groups -OCH3 is 1. The number of carbonyl (C=O) groups is 1. The molecule has 1 heterocycles. The Labute approximate surface area is 149 Å². The molecule has 0 aromatic heterocycles. The maximum absolute atomic E-state index is 12.5. The molecule has 1 atom stereocenters. The molecule has 0 bridgehead atoms. The second-order valence-electron chi connectivity index (χ2n) is 6.45. The third-order valence-corrected chi connectivity index (χ3v) is 4.72. The van der Waals surface area contributed by atoms with E-state index in [1.807, 2.05) is 47.4 Å². The van der Waals surface area contributed by atoms with E-state index in [-0.39, 0.29) is 6.09 Å². The van der Waals surface area contributed by atoms with E-state index in [2.05, 4.69) is 12.1 Å². The molecule has 1 aliphatic rings. The van der Waals surface area contributed by atoms with E-state index in [1.54, 1.807) is 7.11 Å². The molecule has 1 unspecified atom stereocenters. The summed E-state index contributed by atoms with van der Waals surface area (Å²) in [5.41, 5.74) is 2.26. The largest absolute Gasteiger partial charge is 0.497 e. The van der Waals surface area contributed by atoms with Gasteiger partial charge >= 0.3 is 6.09 Å². The molecule has 2 aromatic carbocycles. The van der Waals surface area contributed by atoms with Crippen LogP contribution in [-0.4, -0.2) is 31.2 Å². The summed E-state index contributed by atoms with van der Waals surface area (Å²) in [5.74, 6) is 1.20. The fraction of sp³-hybridized carbons (Fsp3) is 0.381. The number of benzene rings is 2. The lowest BCUT2D eigenvalue weighted by Gasteiger charge is -2.24. The highest BCUT2D eigenvalue weighted by Gasteiger charge is 2.24. The van der Waals surface area contributed by atoms with E-state index >= 15 is 0 Å². The van der Waals surface area contributed by atoms with Crippen LogP contribution in [0.1, 0.15) is 36.3 Å². The first-order chi connectivity index (χ1) is 12.3. The summed E-state index contributed by atoms with van der Waals surface area (Å²) in [5, 5.41) is 0. The molecule has 1 saturated heterocycles. The predicted octanol–water partition coefficient (Wildman–Crippen LogP) is 4.60. The molecule has 25 heavy (non-hydrogen) atoms. The fourth-order valence-corrected chi connectivity index (χ4v) is 3.27. The topological polar surface area (TPSA) is 38.8 Å². The Morgan fingerprint density at radius 2 is 1.84 bits per heavy atom. The second kappa shape index (κ2) is 8.56. The van der Waals surface area contributed by atoms with Gasteiger partial charge in [0.05, 0.1) is 7.11 Å². The fourth-order valence-electron chi connectivity index (χ4n) is 3.27. The monoisotopic (exact) mass is 339 g/mol. The van der Waals surface area contributed by atoms with Crippen molar-refractivity contribution in [2.24, 2.45) is 0 Å². The average molecular weight is 339 g/mol. The van der Waals surface area contributed by atoms with Gasteiger partial charge in [0.15, 0.2) is 0 Å². The normalized spacial score (nSPS) is 17.6. The van der Waals surface area contributed by atoms with Crippen molar-refractivity contribution in [3.8, 4) is 5.75 Å². The average Bonchev–Trinajstić information content (AvgIpc) is 2.93. The predicted molar refractivity (Wildman–Crippen MR) is 97.8 cm³/mol. The van der Waals surface area contributed by atoms with Crippen LogP contribution >= 0.6 is 0 Å². The zero-order valence-corrected chi connectivity index (χ0v) is 14.7. The molecule has 4 heteroatoms. The van der Waals surface area contributed by atoms with Gasteiger partial charge in [-0.1, -0.05) is 48.9 Å². The van der Waals surface area contributed by atoms with Crippen LogP contribution in [0.4, 0.5) is 4.79 Å². The number of likely N-dealkylation sites (tertiary alicyclic amines) is 1. The van der Waals surface area contributed by atoms with Crippen LogP contribution in [0.25, 0.3) is 0 Å². The summed E-state index contributed by atoms with van der Waals surface area (Å²) in [4.78, 5) is 14.3. The van der Waals surface area contributed by atoms with Gasteiger partial charge in [0.1, 0.15) is 12.4 Å². The van der Waals surface area contributed by atoms with Crippen molar-refractivity contribution in [3.05, 3.63) is 65.7 Å². The zero-order valence-electron chi connectivity index (χ0n) is 14.7. The second-order valence-corrected chi connectivity index (χ2v) is 6.45. The number of hydrogen-bond donors (Lipinski definition) is 0. The molecule has 0 saturated carbocycles. The maximum Gasteiger partial charge on any atom is 0.410 e. The SMILES string of the molecule is COc1ccc(C2CCCCN(C(=O)OCc3ccccc3)C2)cc1. The van der Waals surface area contributed by atoms with E-state index in [1.165, 1.54) is 5.56 Å². The number of carbonyl (C=O) groups excluding carboxylic acids is 1. The Balaban J connectivity index is 1.61. The summed E-state index contributed by atoms with van der Waals surface area (Å²) in [6.45, 7) is 1.80. The van der Waals surface area contributed by atoms with Gasteiger partial charge in [-0.2, -0.15) is 0 Å². The number of ether oxygens (including phenoxy) is 2. The Hall–Kier alpha value is -2.49. The summed E-state index contributed by atoms with van der Waals surface area (Å²) < 4.78 is 10.7. The summed E-state index contributed by atoms with van der Waals surface area (Å²) in [6.07, 6.45) is 3.02. The first-order valence-corrected chi connectivity index (χ1v) is 8.86. The Bertz CT molecular complexity index is 669. The first-order valence-electron chi connectivity index (χ1n) is 8.86. The third kappa shape index (κ3) is 4.75. The summed E-state index contributed by atoms with van der Waals surface area (Å²) >= 11 is 0. The maximum atomic E-state index is 12.5. The van der Waals surface area contributed by atoms with Crippen molar-refractivity contribution in [2.45, 2.75) is 31.8 Å². The number of hydrogen-bond acceptors (Lipinski definition) is 3. The van der Waals surface area contributed by atoms with Crippen molar-refractivity contribution in [1.29, 1.82) is 0 Å².